The summed E-state index contributed by atoms with van der Waals surface area (Å²) >= 11 is 0. The number of carbonyl (C=O) groups is 1. The summed E-state index contributed by atoms with van der Waals surface area (Å²) in [6, 6.07) is 3.65. The van der Waals surface area contributed by atoms with Crippen molar-refractivity contribution < 1.29 is 53.8 Å². The number of carbonyl (C=O) groups excluding carboxylic acids is 1. The zero-order valence-corrected chi connectivity index (χ0v) is 21.5. The Bertz CT molecular complexity index is 1120. The third kappa shape index (κ3) is 8.77. The Hall–Kier alpha value is -2.96. The lowest BCUT2D eigenvalue weighted by Crippen LogP contribution is -2.31. The van der Waals surface area contributed by atoms with Crippen LogP contribution in [0.4, 0.5) is 44.3 Å². The molecule has 0 bridgehead atoms. The molecular weight excluding hydrogens is 557 g/mol. The molecule has 0 heterocycles. The molecule has 0 aromatic heterocycles. The Morgan fingerprint density at radius 2 is 1.35 bits per heavy atom. The van der Waals surface area contributed by atoms with Gasteiger partial charge in [0.1, 0.15) is 0 Å². The predicted molar refractivity (Wildman–Crippen MR) is 126 cm³/mol. The zero-order valence-electron chi connectivity index (χ0n) is 21.5. The average molecular weight is 586 g/mol. The Morgan fingerprint density at radius 3 is 1.88 bits per heavy atom. The van der Waals surface area contributed by atoms with E-state index in [4.69, 9.17) is 4.74 Å². The number of rotatable bonds is 8. The van der Waals surface area contributed by atoms with E-state index in [9.17, 15) is 44.3 Å². The van der Waals surface area contributed by atoms with Crippen LogP contribution in [0.3, 0.4) is 0 Å². The van der Waals surface area contributed by atoms with Gasteiger partial charge in [-0.15, -0.1) is 0 Å². The van der Waals surface area contributed by atoms with Gasteiger partial charge in [-0.2, -0.15) is 39.5 Å². The molecule has 3 rings (SSSR count). The van der Waals surface area contributed by atoms with Crippen LogP contribution in [0, 0.1) is 5.92 Å². The second-order valence-electron chi connectivity index (χ2n) is 9.74. The molecule has 0 N–H and O–H groups in total. The number of alkyl halides is 9. The normalized spacial score (nSPS) is 15.2. The van der Waals surface area contributed by atoms with Crippen LogP contribution < -0.4 is 0 Å². The van der Waals surface area contributed by atoms with Crippen molar-refractivity contribution in [1.82, 2.24) is 4.90 Å². The summed E-state index contributed by atoms with van der Waals surface area (Å²) < 4.78 is 131. The summed E-state index contributed by atoms with van der Waals surface area (Å²) in [4.78, 5) is 13.2. The summed E-state index contributed by atoms with van der Waals surface area (Å²) in [6.07, 6.45) is -11.0. The van der Waals surface area contributed by atoms with Crippen molar-refractivity contribution >= 4 is 6.09 Å². The molecule has 2 aromatic rings. The van der Waals surface area contributed by atoms with Crippen LogP contribution in [0.25, 0.3) is 0 Å². The van der Waals surface area contributed by atoms with E-state index in [1.807, 2.05) is 0 Å². The van der Waals surface area contributed by atoms with Crippen LogP contribution in [0.1, 0.15) is 65.5 Å². The van der Waals surface area contributed by atoms with Crippen molar-refractivity contribution in [2.24, 2.45) is 5.92 Å². The first-order valence-electron chi connectivity index (χ1n) is 12.5. The van der Waals surface area contributed by atoms with Gasteiger partial charge < -0.3 is 9.47 Å². The molecular formula is C27H28F9NO3. The maximum absolute atomic E-state index is 13.5. The standard InChI is InChI=1S/C27H28F9NO3/c1-39-24(38)37(13-18-9-22(26(31,32)33)12-23(10-18)27(34,35)36)14-20-11-21(25(28,29)30)8-7-19(20)16-40-15-17-5-3-2-4-6-17/h7-12,17H,2-6,13-16H2,1H3. The Labute approximate surface area is 225 Å². The highest BCUT2D eigenvalue weighted by Gasteiger charge is 2.37. The second kappa shape index (κ2) is 12.7. The summed E-state index contributed by atoms with van der Waals surface area (Å²) in [7, 11) is 0.933. The predicted octanol–water partition coefficient (Wildman–Crippen LogP) is 8.61. The van der Waals surface area contributed by atoms with Crippen molar-refractivity contribution in [3.05, 3.63) is 69.8 Å². The van der Waals surface area contributed by atoms with E-state index in [0.29, 0.717) is 24.7 Å². The topological polar surface area (TPSA) is 38.8 Å². The number of benzene rings is 2. The first-order valence-corrected chi connectivity index (χ1v) is 12.5. The van der Waals surface area contributed by atoms with Gasteiger partial charge in [-0.3, -0.25) is 4.90 Å². The highest BCUT2D eigenvalue weighted by Crippen LogP contribution is 2.37. The maximum Gasteiger partial charge on any atom is 0.416 e. The third-order valence-electron chi connectivity index (χ3n) is 6.68. The first kappa shape index (κ1) is 31.6. The zero-order chi connectivity index (χ0) is 29.7. The van der Waals surface area contributed by atoms with Crippen LogP contribution in [0.2, 0.25) is 0 Å². The van der Waals surface area contributed by atoms with Crippen LogP contribution in [-0.4, -0.2) is 24.7 Å². The molecule has 0 aliphatic heterocycles. The average Bonchev–Trinajstić information content (AvgIpc) is 2.87. The fourth-order valence-electron chi connectivity index (χ4n) is 4.63. The molecule has 40 heavy (non-hydrogen) atoms. The molecule has 1 amide bonds. The Kier molecular flexibility index (Phi) is 10.0. The number of amides is 1. The van der Waals surface area contributed by atoms with Gasteiger partial charge in [0.2, 0.25) is 0 Å². The molecule has 1 aliphatic carbocycles. The van der Waals surface area contributed by atoms with E-state index in [2.05, 4.69) is 4.74 Å². The highest BCUT2D eigenvalue weighted by molar-refractivity contribution is 5.67. The monoisotopic (exact) mass is 585 g/mol. The molecule has 1 saturated carbocycles. The molecule has 0 unspecified atom stereocenters. The molecule has 0 radical (unpaired) electrons. The summed E-state index contributed by atoms with van der Waals surface area (Å²) in [6.45, 7) is -1.10. The third-order valence-corrected chi connectivity index (χ3v) is 6.68. The van der Waals surface area contributed by atoms with Crippen molar-refractivity contribution in [2.45, 2.75) is 70.3 Å². The second-order valence-corrected chi connectivity index (χ2v) is 9.74. The van der Waals surface area contributed by atoms with Crippen LogP contribution in [-0.2, 0) is 47.7 Å². The Morgan fingerprint density at radius 1 is 0.775 bits per heavy atom. The van der Waals surface area contributed by atoms with Gasteiger partial charge >= 0.3 is 24.6 Å². The Balaban J connectivity index is 1.92. The minimum Gasteiger partial charge on any atom is -0.453 e. The van der Waals surface area contributed by atoms with Gasteiger partial charge in [-0.1, -0.05) is 25.3 Å². The van der Waals surface area contributed by atoms with E-state index in [1.54, 1.807) is 0 Å². The number of nitrogens with zero attached hydrogens (tertiary/aromatic N) is 1. The smallest absolute Gasteiger partial charge is 0.416 e. The molecule has 0 saturated heterocycles. The van der Waals surface area contributed by atoms with Crippen molar-refractivity contribution in [2.75, 3.05) is 13.7 Å². The molecule has 0 atom stereocenters. The lowest BCUT2D eigenvalue weighted by molar-refractivity contribution is -0.143. The van der Waals surface area contributed by atoms with Gasteiger partial charge in [0, 0.05) is 19.7 Å². The number of hydrogen-bond donors (Lipinski definition) is 0. The van der Waals surface area contributed by atoms with Gasteiger partial charge in [0.15, 0.2) is 0 Å². The first-order chi connectivity index (χ1) is 18.6. The van der Waals surface area contributed by atoms with Gasteiger partial charge in [-0.05, 0) is 65.8 Å². The number of ether oxygens (including phenoxy) is 2. The number of hydrogen-bond acceptors (Lipinski definition) is 3. The van der Waals surface area contributed by atoms with E-state index in [0.717, 1.165) is 56.2 Å². The highest BCUT2D eigenvalue weighted by atomic mass is 19.4. The van der Waals surface area contributed by atoms with Gasteiger partial charge in [0.25, 0.3) is 0 Å². The number of methoxy groups -OCH3 is 1. The van der Waals surface area contributed by atoms with E-state index < -0.39 is 60.0 Å². The number of halogens is 9. The molecule has 1 fully saturated rings. The largest absolute Gasteiger partial charge is 0.453 e. The fraction of sp³-hybridized carbons (Fsp3) is 0.519. The fourth-order valence-corrected chi connectivity index (χ4v) is 4.63. The summed E-state index contributed by atoms with van der Waals surface area (Å²) in [5.74, 6) is 0.307. The lowest BCUT2D eigenvalue weighted by atomic mass is 9.90. The van der Waals surface area contributed by atoms with E-state index >= 15 is 0 Å². The van der Waals surface area contributed by atoms with Crippen LogP contribution in [0.5, 0.6) is 0 Å². The molecule has 2 aromatic carbocycles. The summed E-state index contributed by atoms with van der Waals surface area (Å²) in [5, 5.41) is 0. The molecule has 0 spiro atoms. The quantitative estimate of drug-likeness (QED) is 0.291. The molecule has 4 nitrogen and oxygen atoms in total. The van der Waals surface area contributed by atoms with Crippen LogP contribution in [0.15, 0.2) is 36.4 Å². The SMILES string of the molecule is COC(=O)N(Cc1cc(C(F)(F)F)cc(C(F)(F)F)c1)Cc1cc(C(F)(F)F)ccc1COCC1CCCCC1. The maximum atomic E-state index is 13.5. The van der Waals surface area contributed by atoms with E-state index in [1.165, 1.54) is 6.07 Å². The van der Waals surface area contributed by atoms with Crippen molar-refractivity contribution in [3.8, 4) is 0 Å². The summed E-state index contributed by atoms with van der Waals surface area (Å²) in [5.41, 5.74) is -4.49. The van der Waals surface area contributed by atoms with Gasteiger partial charge in [-0.25, -0.2) is 4.79 Å². The van der Waals surface area contributed by atoms with Crippen LogP contribution >= 0.6 is 0 Å². The van der Waals surface area contributed by atoms with E-state index in [-0.39, 0.29) is 23.8 Å². The molecule has 13 heteroatoms. The molecule has 1 aliphatic rings. The van der Waals surface area contributed by atoms with Crippen molar-refractivity contribution in [3.63, 3.8) is 0 Å². The lowest BCUT2D eigenvalue weighted by Gasteiger charge is -2.25. The molecule has 222 valence electrons. The minimum atomic E-state index is -5.12. The van der Waals surface area contributed by atoms with Gasteiger partial charge in [0.05, 0.1) is 30.4 Å². The van der Waals surface area contributed by atoms with Crippen molar-refractivity contribution in [1.29, 1.82) is 0 Å². The minimum absolute atomic E-state index is 0.0353.